The number of esters is 3. The van der Waals surface area contributed by atoms with Crippen LogP contribution >= 0.6 is 0 Å². The SMILES string of the molecule is CC\C=C/C=C\C=C/C=C\C=C/CCCC(=O)OCC(COC(=O)CCC/C=C\C/C=C\C/C=C\CCCCCCCC)OC(=O)CCCCCCCC/C=C\C=C/CCCCC. The van der Waals surface area contributed by atoms with Gasteiger partial charge in [0.15, 0.2) is 6.10 Å². The predicted octanol–water partition coefficient (Wildman–Crippen LogP) is 16.5. The quantitative estimate of drug-likeness (QED) is 0.0200. The summed E-state index contributed by atoms with van der Waals surface area (Å²) < 4.78 is 16.6. The number of carbonyl (C=O) groups excluding carboxylic acids is 3. The molecule has 1 atom stereocenters. The third kappa shape index (κ3) is 48.7. The van der Waals surface area contributed by atoms with Gasteiger partial charge >= 0.3 is 17.9 Å². The molecule has 0 aromatic heterocycles. The highest BCUT2D eigenvalue weighted by Gasteiger charge is 2.19. The zero-order valence-electron chi connectivity index (χ0n) is 40.3. The van der Waals surface area contributed by atoms with Crippen molar-refractivity contribution in [3.63, 3.8) is 0 Å². The number of ether oxygens (including phenoxy) is 3. The van der Waals surface area contributed by atoms with E-state index in [1.54, 1.807) is 0 Å². The fourth-order valence-corrected chi connectivity index (χ4v) is 6.30. The highest BCUT2D eigenvalue weighted by Crippen LogP contribution is 2.12. The lowest BCUT2D eigenvalue weighted by Gasteiger charge is -2.18. The van der Waals surface area contributed by atoms with Gasteiger partial charge in [-0.15, -0.1) is 0 Å². The Bertz CT molecular complexity index is 1370. The molecule has 0 radical (unpaired) electrons. The maximum absolute atomic E-state index is 12.8. The first-order chi connectivity index (χ1) is 31.0. The molecular formula is C57H90O6. The van der Waals surface area contributed by atoms with Gasteiger partial charge in [0.2, 0.25) is 0 Å². The molecule has 0 saturated carbocycles. The number of rotatable bonds is 43. The molecule has 0 saturated heterocycles. The number of unbranched alkanes of at least 4 members (excludes halogenated alkanes) is 17. The Morgan fingerprint density at radius 1 is 0.349 bits per heavy atom. The van der Waals surface area contributed by atoms with Crippen LogP contribution in [0, 0.1) is 0 Å². The lowest BCUT2D eigenvalue weighted by atomic mass is 10.1. The molecule has 0 aliphatic carbocycles. The van der Waals surface area contributed by atoms with E-state index in [2.05, 4.69) is 87.6 Å². The average Bonchev–Trinajstić information content (AvgIpc) is 3.28. The third-order valence-corrected chi connectivity index (χ3v) is 10.1. The number of hydrogen-bond donors (Lipinski definition) is 0. The van der Waals surface area contributed by atoms with Gasteiger partial charge in [-0.05, 0) is 89.9 Å². The second-order valence-corrected chi connectivity index (χ2v) is 16.1. The first-order valence-corrected chi connectivity index (χ1v) is 25.1. The molecule has 1 unspecified atom stereocenters. The lowest BCUT2D eigenvalue weighted by Crippen LogP contribution is -2.30. The molecule has 0 aromatic carbocycles. The van der Waals surface area contributed by atoms with Crippen molar-refractivity contribution < 1.29 is 28.6 Å². The van der Waals surface area contributed by atoms with Gasteiger partial charge in [-0.25, -0.2) is 0 Å². The van der Waals surface area contributed by atoms with Crippen LogP contribution in [-0.4, -0.2) is 37.2 Å². The van der Waals surface area contributed by atoms with Crippen molar-refractivity contribution in [2.75, 3.05) is 13.2 Å². The van der Waals surface area contributed by atoms with Crippen LogP contribution in [0.5, 0.6) is 0 Å². The van der Waals surface area contributed by atoms with E-state index in [9.17, 15) is 14.4 Å². The van der Waals surface area contributed by atoms with Crippen molar-refractivity contribution in [1.82, 2.24) is 0 Å². The van der Waals surface area contributed by atoms with Gasteiger partial charge in [-0.1, -0.05) is 213 Å². The van der Waals surface area contributed by atoms with E-state index in [1.165, 1.54) is 77.0 Å². The Morgan fingerprint density at radius 2 is 0.698 bits per heavy atom. The van der Waals surface area contributed by atoms with Crippen molar-refractivity contribution in [3.8, 4) is 0 Å². The molecule has 0 spiro atoms. The van der Waals surface area contributed by atoms with Crippen molar-refractivity contribution in [2.45, 2.75) is 207 Å². The maximum Gasteiger partial charge on any atom is 0.306 e. The van der Waals surface area contributed by atoms with Crippen LogP contribution in [0.25, 0.3) is 0 Å². The normalized spacial score (nSPS) is 13.1. The zero-order valence-corrected chi connectivity index (χ0v) is 40.3. The van der Waals surface area contributed by atoms with E-state index in [0.29, 0.717) is 12.8 Å². The van der Waals surface area contributed by atoms with Crippen molar-refractivity contribution in [1.29, 1.82) is 0 Å². The Hall–Kier alpha value is -4.19. The van der Waals surface area contributed by atoms with Crippen LogP contribution in [0.15, 0.2) is 122 Å². The molecular weight excluding hydrogens is 781 g/mol. The Kier molecular flexibility index (Phi) is 47.1. The summed E-state index contributed by atoms with van der Waals surface area (Å²) in [4.78, 5) is 37.9. The van der Waals surface area contributed by atoms with Crippen LogP contribution in [0.2, 0.25) is 0 Å². The van der Waals surface area contributed by atoms with Crippen LogP contribution in [-0.2, 0) is 28.6 Å². The summed E-state index contributed by atoms with van der Waals surface area (Å²) in [6, 6.07) is 0. The first-order valence-electron chi connectivity index (χ1n) is 25.1. The minimum atomic E-state index is -0.836. The van der Waals surface area contributed by atoms with E-state index in [-0.39, 0.29) is 50.4 Å². The molecule has 0 aromatic rings. The average molecular weight is 871 g/mol. The van der Waals surface area contributed by atoms with E-state index in [1.807, 2.05) is 54.7 Å². The molecule has 354 valence electrons. The summed E-state index contributed by atoms with van der Waals surface area (Å²) in [5.41, 5.74) is 0. The van der Waals surface area contributed by atoms with Crippen LogP contribution in [0.3, 0.4) is 0 Å². The van der Waals surface area contributed by atoms with Crippen LogP contribution < -0.4 is 0 Å². The Labute approximate surface area is 386 Å². The van der Waals surface area contributed by atoms with Crippen molar-refractivity contribution in [2.24, 2.45) is 0 Å². The number of carbonyl (C=O) groups is 3. The van der Waals surface area contributed by atoms with Gasteiger partial charge in [0, 0.05) is 19.3 Å². The summed E-state index contributed by atoms with van der Waals surface area (Å²) in [7, 11) is 0. The van der Waals surface area contributed by atoms with Crippen LogP contribution in [0.1, 0.15) is 201 Å². The summed E-state index contributed by atoms with van der Waals surface area (Å²) in [5, 5.41) is 0. The minimum absolute atomic E-state index is 0.135. The van der Waals surface area contributed by atoms with Gasteiger partial charge in [0.1, 0.15) is 13.2 Å². The summed E-state index contributed by atoms with van der Waals surface area (Å²) in [6.45, 7) is 6.31. The Morgan fingerprint density at radius 3 is 1.22 bits per heavy atom. The highest BCUT2D eigenvalue weighted by atomic mass is 16.6. The van der Waals surface area contributed by atoms with Gasteiger partial charge in [-0.2, -0.15) is 0 Å². The summed E-state index contributed by atoms with van der Waals surface area (Å²) in [5.74, 6) is -1.08. The van der Waals surface area contributed by atoms with Crippen LogP contribution in [0.4, 0.5) is 0 Å². The molecule has 6 nitrogen and oxygen atoms in total. The smallest absolute Gasteiger partial charge is 0.306 e. The van der Waals surface area contributed by atoms with E-state index < -0.39 is 6.10 Å². The number of allylic oxidation sites excluding steroid dienone is 20. The molecule has 0 heterocycles. The molecule has 0 rings (SSSR count). The first kappa shape index (κ1) is 58.8. The molecule has 0 aliphatic rings. The molecule has 6 heteroatoms. The van der Waals surface area contributed by atoms with E-state index in [0.717, 1.165) is 70.6 Å². The predicted molar refractivity (Wildman–Crippen MR) is 269 cm³/mol. The van der Waals surface area contributed by atoms with Crippen molar-refractivity contribution >= 4 is 17.9 Å². The van der Waals surface area contributed by atoms with Crippen molar-refractivity contribution in [3.05, 3.63) is 122 Å². The molecule has 0 bridgehead atoms. The molecule has 0 N–H and O–H groups in total. The monoisotopic (exact) mass is 871 g/mol. The molecule has 63 heavy (non-hydrogen) atoms. The zero-order chi connectivity index (χ0) is 45.8. The van der Waals surface area contributed by atoms with Gasteiger partial charge in [-0.3, -0.25) is 14.4 Å². The van der Waals surface area contributed by atoms with E-state index >= 15 is 0 Å². The maximum atomic E-state index is 12.8. The standard InChI is InChI=1S/C57H90O6/c1-4-7-10-13-16-19-22-25-27-28-30-32-35-38-41-44-47-50-56(59)62-53-54(52-61-55(58)49-46-43-40-37-34-31-24-21-18-15-12-9-6-3)63-57(60)51-48-45-42-39-36-33-29-26-23-20-17-14-11-8-5-2/h9,12,15,17-18,20-21,23-27,30-32,34,37-38,40-41,54H,4-8,10-11,13-14,16,19,22,28-29,33,35-36,39,42-53H2,1-3H3/b12-9-,18-15-,20-17-,24-21-,26-23-,27-25-,32-30-,34-31-,40-37-,41-38-. The second kappa shape index (κ2) is 50.5. The largest absolute Gasteiger partial charge is 0.462 e. The fourth-order valence-electron chi connectivity index (χ4n) is 6.30. The fraction of sp³-hybridized carbons (Fsp3) is 0.596. The summed E-state index contributed by atoms with van der Waals surface area (Å²) >= 11 is 0. The van der Waals surface area contributed by atoms with Gasteiger partial charge in [0.05, 0.1) is 0 Å². The molecule has 0 aliphatic heterocycles. The number of hydrogen-bond acceptors (Lipinski definition) is 6. The second-order valence-electron chi connectivity index (χ2n) is 16.1. The Balaban J connectivity index is 4.60. The minimum Gasteiger partial charge on any atom is -0.462 e. The topological polar surface area (TPSA) is 78.9 Å². The molecule has 0 amide bonds. The third-order valence-electron chi connectivity index (χ3n) is 10.1. The summed E-state index contributed by atoms with van der Waals surface area (Å²) in [6.07, 6.45) is 69.1. The molecule has 0 fully saturated rings. The highest BCUT2D eigenvalue weighted by molar-refractivity contribution is 5.71. The van der Waals surface area contributed by atoms with Gasteiger partial charge < -0.3 is 14.2 Å². The lowest BCUT2D eigenvalue weighted by molar-refractivity contribution is -0.167. The van der Waals surface area contributed by atoms with E-state index in [4.69, 9.17) is 14.2 Å². The van der Waals surface area contributed by atoms with Gasteiger partial charge in [0.25, 0.3) is 0 Å².